The zero-order valence-corrected chi connectivity index (χ0v) is 20.2. The quantitative estimate of drug-likeness (QED) is 0.388. The van der Waals surface area contributed by atoms with E-state index in [0.29, 0.717) is 5.39 Å². The van der Waals surface area contributed by atoms with Crippen LogP contribution in [0.2, 0.25) is 0 Å². The van der Waals surface area contributed by atoms with E-state index in [1.807, 2.05) is 0 Å². The van der Waals surface area contributed by atoms with Crippen LogP contribution >= 0.6 is 31.9 Å². The molecule has 2 aromatic carbocycles. The summed E-state index contributed by atoms with van der Waals surface area (Å²) >= 11 is 6.13. The van der Waals surface area contributed by atoms with Gasteiger partial charge in [-0.05, 0) is 36.6 Å². The molecule has 0 radical (unpaired) electrons. The molecule has 1 heterocycles. The highest BCUT2D eigenvalue weighted by molar-refractivity contribution is 9.10. The lowest BCUT2D eigenvalue weighted by atomic mass is 10.0. The van der Waals surface area contributed by atoms with Crippen LogP contribution in [-0.4, -0.2) is 38.2 Å². The van der Waals surface area contributed by atoms with E-state index < -0.39 is 40.0 Å². The molecule has 6 nitrogen and oxygen atoms in total. The Morgan fingerprint density at radius 1 is 1.15 bits per heavy atom. The second kappa shape index (κ2) is 9.68. The zero-order valence-electron chi connectivity index (χ0n) is 17.0. The molecule has 1 aromatic heterocycles. The number of halogens is 5. The van der Waals surface area contributed by atoms with Crippen LogP contribution in [0, 0.1) is 0 Å². The summed E-state index contributed by atoms with van der Waals surface area (Å²) < 4.78 is 40.3. The van der Waals surface area contributed by atoms with Gasteiger partial charge in [-0.1, -0.05) is 56.1 Å². The molecule has 0 fully saturated rings. The fourth-order valence-corrected chi connectivity index (χ4v) is 4.02. The first-order valence-corrected chi connectivity index (χ1v) is 11.6. The summed E-state index contributed by atoms with van der Waals surface area (Å²) in [7, 11) is 0. The van der Waals surface area contributed by atoms with Crippen LogP contribution in [0.1, 0.15) is 12.5 Å². The van der Waals surface area contributed by atoms with Gasteiger partial charge in [0.05, 0.1) is 16.9 Å². The van der Waals surface area contributed by atoms with E-state index in [0.717, 1.165) is 6.07 Å². The number of carboxylic acid groups (broad SMARTS) is 1. The highest BCUT2D eigenvalue weighted by Crippen LogP contribution is 2.36. The predicted molar refractivity (Wildman–Crippen MR) is 126 cm³/mol. The van der Waals surface area contributed by atoms with Crippen molar-refractivity contribution in [1.82, 2.24) is 4.98 Å². The standard InChI is InChI=1S/C22H17Br2F3N2O4/c1-11(19(24)21(32)33)29(18(30)10-23)13-7-6-12-8-17(28-20(31)15(12)9-13)14-4-2-3-5-16(14)22(25,26)27/h2-9,11,19H,10H2,1H3,(H,28,31)(H,32,33). The Bertz CT molecular complexity index is 1280. The molecule has 1 amide bonds. The molecular weight excluding hydrogens is 573 g/mol. The summed E-state index contributed by atoms with van der Waals surface area (Å²) in [6.45, 7) is 1.54. The van der Waals surface area contributed by atoms with Gasteiger partial charge in [0.2, 0.25) is 5.91 Å². The normalized spacial score (nSPS) is 13.5. The number of nitrogens with one attached hydrogen (secondary N) is 1. The lowest BCUT2D eigenvalue weighted by Gasteiger charge is -2.30. The van der Waals surface area contributed by atoms with Crippen LogP contribution < -0.4 is 10.5 Å². The third kappa shape index (κ3) is 5.14. The Morgan fingerprint density at radius 3 is 2.42 bits per heavy atom. The van der Waals surface area contributed by atoms with E-state index in [2.05, 4.69) is 36.8 Å². The van der Waals surface area contributed by atoms with Gasteiger partial charge in [0.1, 0.15) is 4.83 Å². The molecule has 2 atom stereocenters. The highest BCUT2D eigenvalue weighted by atomic mass is 79.9. The molecular formula is C22H17Br2F3N2O4. The van der Waals surface area contributed by atoms with E-state index in [-0.39, 0.29) is 27.7 Å². The van der Waals surface area contributed by atoms with Crippen LogP contribution in [-0.2, 0) is 15.8 Å². The summed E-state index contributed by atoms with van der Waals surface area (Å²) in [5.74, 6) is -1.60. The Kier molecular flexibility index (Phi) is 7.32. The van der Waals surface area contributed by atoms with Crippen LogP contribution in [0.3, 0.4) is 0 Å². The lowest BCUT2D eigenvalue weighted by Crippen LogP contribution is -2.46. The van der Waals surface area contributed by atoms with Gasteiger partial charge in [-0.2, -0.15) is 13.2 Å². The second-order valence-corrected chi connectivity index (χ2v) is 8.75. The number of carboxylic acids is 1. The number of amides is 1. The molecule has 2 N–H and O–H groups in total. The second-order valence-electron chi connectivity index (χ2n) is 7.21. The number of H-pyrrole nitrogens is 1. The van der Waals surface area contributed by atoms with Gasteiger partial charge in [-0.3, -0.25) is 14.4 Å². The number of alkyl halides is 5. The molecule has 0 bridgehead atoms. The van der Waals surface area contributed by atoms with Gasteiger partial charge < -0.3 is 15.0 Å². The van der Waals surface area contributed by atoms with E-state index in [4.69, 9.17) is 0 Å². The maximum absolute atomic E-state index is 13.4. The van der Waals surface area contributed by atoms with Crippen LogP contribution in [0.4, 0.5) is 18.9 Å². The molecule has 33 heavy (non-hydrogen) atoms. The SMILES string of the molecule is CC(C(Br)C(=O)O)N(C(=O)CBr)c1ccc2cc(-c3ccccc3C(F)(F)F)[nH]c(=O)c2c1. The monoisotopic (exact) mass is 588 g/mol. The molecule has 0 aliphatic heterocycles. The van der Waals surface area contributed by atoms with Gasteiger partial charge in [0, 0.05) is 22.3 Å². The molecule has 11 heteroatoms. The van der Waals surface area contributed by atoms with Crippen molar-refractivity contribution in [3.05, 3.63) is 64.4 Å². The number of fused-ring (bicyclic) bond motifs is 1. The largest absolute Gasteiger partial charge is 0.480 e. The molecule has 3 rings (SSSR count). The number of rotatable bonds is 6. The summed E-state index contributed by atoms with van der Waals surface area (Å²) in [6, 6.07) is 9.97. The van der Waals surface area contributed by atoms with Crippen LogP contribution in [0.5, 0.6) is 0 Å². The van der Waals surface area contributed by atoms with Crippen molar-refractivity contribution >= 4 is 60.2 Å². The molecule has 2 unspecified atom stereocenters. The molecule has 0 saturated heterocycles. The van der Waals surface area contributed by atoms with Gasteiger partial charge in [-0.25, -0.2) is 0 Å². The smallest absolute Gasteiger partial charge is 0.417 e. The number of benzene rings is 2. The number of carbonyl (C=O) groups is 2. The first-order valence-electron chi connectivity index (χ1n) is 9.54. The Labute approximate surface area is 202 Å². The topological polar surface area (TPSA) is 90.5 Å². The van der Waals surface area contributed by atoms with Gasteiger partial charge in [-0.15, -0.1) is 0 Å². The zero-order chi connectivity index (χ0) is 24.5. The number of nitrogens with zero attached hydrogens (tertiary/aromatic N) is 1. The number of aromatic amines is 1. The van der Waals surface area contributed by atoms with Crippen molar-refractivity contribution in [1.29, 1.82) is 0 Å². The highest BCUT2D eigenvalue weighted by Gasteiger charge is 2.34. The number of aliphatic carboxylic acids is 1. The molecule has 0 saturated carbocycles. The number of hydrogen-bond acceptors (Lipinski definition) is 3. The maximum atomic E-state index is 13.4. The average molecular weight is 590 g/mol. The fourth-order valence-electron chi connectivity index (χ4n) is 3.52. The minimum absolute atomic E-state index is 0.00123. The van der Waals surface area contributed by atoms with Crippen molar-refractivity contribution in [2.24, 2.45) is 0 Å². The Morgan fingerprint density at radius 2 is 1.82 bits per heavy atom. The number of hydrogen-bond donors (Lipinski definition) is 2. The fraction of sp³-hybridized carbons (Fsp3) is 0.227. The third-order valence-corrected chi connectivity index (χ3v) is 6.72. The van der Waals surface area contributed by atoms with E-state index in [1.165, 1.54) is 47.4 Å². The summed E-state index contributed by atoms with van der Waals surface area (Å²) in [5, 5.41) is 9.72. The van der Waals surface area contributed by atoms with Crippen molar-refractivity contribution in [3.63, 3.8) is 0 Å². The molecule has 0 aliphatic rings. The summed E-state index contributed by atoms with van der Waals surface area (Å²) in [6.07, 6.45) is -4.60. The van der Waals surface area contributed by atoms with Crippen LogP contribution in [0.15, 0.2) is 53.3 Å². The number of aromatic nitrogens is 1. The van der Waals surface area contributed by atoms with Gasteiger partial charge in [0.25, 0.3) is 5.56 Å². The minimum Gasteiger partial charge on any atom is -0.480 e. The molecule has 3 aromatic rings. The average Bonchev–Trinajstić information content (AvgIpc) is 2.77. The van der Waals surface area contributed by atoms with Gasteiger partial charge in [0.15, 0.2) is 0 Å². The van der Waals surface area contributed by atoms with Gasteiger partial charge >= 0.3 is 12.1 Å². The first-order chi connectivity index (χ1) is 15.5. The summed E-state index contributed by atoms with van der Waals surface area (Å²) in [4.78, 5) is 39.4. The minimum atomic E-state index is -4.60. The van der Waals surface area contributed by atoms with Crippen molar-refractivity contribution in [2.45, 2.75) is 24.0 Å². The third-order valence-electron chi connectivity index (χ3n) is 5.08. The maximum Gasteiger partial charge on any atom is 0.417 e. The number of carbonyl (C=O) groups excluding carboxylic acids is 1. The predicted octanol–water partition coefficient (Wildman–Crippen LogP) is 5.18. The van der Waals surface area contributed by atoms with E-state index in [1.54, 1.807) is 6.92 Å². The number of anilines is 1. The molecule has 174 valence electrons. The van der Waals surface area contributed by atoms with Crippen molar-refractivity contribution in [3.8, 4) is 11.3 Å². The van der Waals surface area contributed by atoms with Crippen molar-refractivity contribution < 1.29 is 27.9 Å². The Hall–Kier alpha value is -2.66. The first kappa shape index (κ1) is 25.0. The molecule has 0 spiro atoms. The van der Waals surface area contributed by atoms with Crippen molar-refractivity contribution in [2.75, 3.05) is 10.2 Å². The van der Waals surface area contributed by atoms with Crippen LogP contribution in [0.25, 0.3) is 22.0 Å². The number of pyridine rings is 1. The molecule has 0 aliphatic carbocycles. The summed E-state index contributed by atoms with van der Waals surface area (Å²) in [5.41, 5.74) is -1.41. The van der Waals surface area contributed by atoms with E-state index >= 15 is 0 Å². The Balaban J connectivity index is 2.14. The lowest BCUT2D eigenvalue weighted by molar-refractivity contribution is -0.137. The van der Waals surface area contributed by atoms with E-state index in [9.17, 15) is 32.7 Å².